The van der Waals surface area contributed by atoms with E-state index in [0.717, 1.165) is 24.1 Å². The van der Waals surface area contributed by atoms with E-state index in [9.17, 15) is 4.79 Å². The van der Waals surface area contributed by atoms with E-state index in [-0.39, 0.29) is 29.0 Å². The van der Waals surface area contributed by atoms with E-state index < -0.39 is 5.82 Å². The highest BCUT2D eigenvalue weighted by molar-refractivity contribution is 6.10. The number of aliphatic imine (C=N–C) groups is 2. The summed E-state index contributed by atoms with van der Waals surface area (Å²) in [7, 11) is 1.59. The quantitative estimate of drug-likeness (QED) is 0.430. The molecule has 178 valence electrons. The summed E-state index contributed by atoms with van der Waals surface area (Å²) in [5.74, 6) is -0.291. The summed E-state index contributed by atoms with van der Waals surface area (Å²) in [6.07, 6.45) is 5.64. The lowest BCUT2D eigenvalue weighted by atomic mass is 10.0. The zero-order valence-electron chi connectivity index (χ0n) is 19.3. The van der Waals surface area contributed by atoms with Crippen LogP contribution in [0.1, 0.15) is 38.2 Å². The highest BCUT2D eigenvalue weighted by atomic mass is 19.1. The number of benzene rings is 1. The predicted molar refractivity (Wildman–Crippen MR) is 130 cm³/mol. The Labute approximate surface area is 194 Å². The maximum absolute atomic E-state index is 15.3. The molecule has 0 radical (unpaired) electrons. The van der Waals surface area contributed by atoms with Crippen molar-refractivity contribution < 1.29 is 13.9 Å². The van der Waals surface area contributed by atoms with Gasteiger partial charge in [-0.1, -0.05) is 19.1 Å². The first kappa shape index (κ1) is 24.4. The summed E-state index contributed by atoms with van der Waals surface area (Å²) in [6.45, 7) is 4.20. The number of amides is 1. The lowest BCUT2D eigenvalue weighted by Crippen LogP contribution is -2.44. The average molecular weight is 457 g/mol. The van der Waals surface area contributed by atoms with Crippen molar-refractivity contribution in [1.82, 2.24) is 10.2 Å². The Morgan fingerprint density at radius 2 is 2.12 bits per heavy atom. The number of hydrogen-bond donors (Lipinski definition) is 3. The summed E-state index contributed by atoms with van der Waals surface area (Å²) in [6, 6.07) is 5.15. The van der Waals surface area contributed by atoms with Crippen molar-refractivity contribution >= 4 is 29.2 Å². The van der Waals surface area contributed by atoms with Crippen LogP contribution in [-0.4, -0.2) is 62.3 Å². The number of nitrogens with two attached hydrogens (primary N) is 2. The average Bonchev–Trinajstić information content (AvgIpc) is 2.84. The van der Waals surface area contributed by atoms with E-state index in [1.165, 1.54) is 12.4 Å². The molecule has 0 aromatic heterocycles. The molecule has 1 saturated heterocycles. The normalized spacial score (nSPS) is 18.8. The van der Waals surface area contributed by atoms with E-state index in [1.54, 1.807) is 30.1 Å². The van der Waals surface area contributed by atoms with E-state index in [2.05, 4.69) is 15.3 Å². The van der Waals surface area contributed by atoms with E-state index in [0.29, 0.717) is 44.7 Å². The Hall–Kier alpha value is -3.20. The van der Waals surface area contributed by atoms with Crippen LogP contribution in [0.4, 0.5) is 10.1 Å². The smallest absolute Gasteiger partial charge is 0.222 e. The first-order chi connectivity index (χ1) is 16.0. The van der Waals surface area contributed by atoms with Gasteiger partial charge in [-0.05, 0) is 18.9 Å². The number of halogens is 1. The molecule has 2 heterocycles. The van der Waals surface area contributed by atoms with Gasteiger partial charge in [-0.25, -0.2) is 9.38 Å². The maximum atomic E-state index is 15.3. The first-order valence-electron chi connectivity index (χ1n) is 11.3. The van der Waals surface area contributed by atoms with Gasteiger partial charge in [-0.15, -0.1) is 0 Å². The molecule has 1 amide bonds. The minimum Gasteiger partial charge on any atom is -0.404 e. The fraction of sp³-hybridized carbons (Fsp3) is 0.458. The number of nitrogens with zero attached hydrogens (tertiary/aromatic N) is 3. The summed E-state index contributed by atoms with van der Waals surface area (Å²) in [5.41, 5.74) is 14.6. The molecule has 0 bridgehead atoms. The maximum Gasteiger partial charge on any atom is 0.222 e. The number of carbonyl (C=O) groups is 1. The zero-order chi connectivity index (χ0) is 23.8. The largest absolute Gasteiger partial charge is 0.404 e. The van der Waals surface area contributed by atoms with Gasteiger partial charge < -0.3 is 26.4 Å². The fourth-order valence-corrected chi connectivity index (χ4v) is 4.05. The Kier molecular flexibility index (Phi) is 8.59. The Morgan fingerprint density at radius 1 is 1.36 bits per heavy atom. The van der Waals surface area contributed by atoms with Gasteiger partial charge in [0.2, 0.25) is 5.91 Å². The molecule has 0 atom stereocenters. The second kappa shape index (κ2) is 11.6. The van der Waals surface area contributed by atoms with Crippen LogP contribution >= 0.6 is 0 Å². The van der Waals surface area contributed by atoms with Gasteiger partial charge in [0.05, 0.1) is 6.54 Å². The molecule has 3 rings (SSSR count). The van der Waals surface area contributed by atoms with E-state index >= 15 is 4.39 Å². The molecule has 8 nitrogen and oxygen atoms in total. The highest BCUT2D eigenvalue weighted by Gasteiger charge is 2.26. The van der Waals surface area contributed by atoms with Crippen molar-refractivity contribution in [3.63, 3.8) is 0 Å². The molecule has 2 aliphatic heterocycles. The van der Waals surface area contributed by atoms with E-state index in [4.69, 9.17) is 16.2 Å². The predicted octanol–water partition coefficient (Wildman–Crippen LogP) is 2.48. The Balaban J connectivity index is 1.97. The molecule has 9 heteroatoms. The Bertz CT molecular complexity index is 979. The van der Waals surface area contributed by atoms with Crippen molar-refractivity contribution in [2.75, 3.05) is 33.4 Å². The van der Waals surface area contributed by atoms with Crippen LogP contribution in [0, 0.1) is 5.82 Å². The van der Waals surface area contributed by atoms with Gasteiger partial charge in [0.1, 0.15) is 11.5 Å². The lowest BCUT2D eigenvalue weighted by Gasteiger charge is -2.34. The second-order valence-electron chi connectivity index (χ2n) is 8.05. The van der Waals surface area contributed by atoms with Crippen LogP contribution in [0.5, 0.6) is 0 Å². The van der Waals surface area contributed by atoms with Gasteiger partial charge in [0, 0.05) is 80.5 Å². The molecule has 0 saturated carbocycles. The number of amidine groups is 1. The summed E-state index contributed by atoms with van der Waals surface area (Å²) < 4.78 is 20.7. The van der Waals surface area contributed by atoms with Crippen molar-refractivity contribution in [2.45, 2.75) is 38.6 Å². The van der Waals surface area contributed by atoms with Gasteiger partial charge >= 0.3 is 0 Å². The molecule has 5 N–H and O–H groups in total. The van der Waals surface area contributed by atoms with Crippen LogP contribution in [0.25, 0.3) is 5.57 Å². The van der Waals surface area contributed by atoms with Crippen LogP contribution < -0.4 is 16.8 Å². The number of rotatable bonds is 7. The van der Waals surface area contributed by atoms with Crippen molar-refractivity contribution in [3.8, 4) is 0 Å². The number of allylic oxidation sites excluding steroid dienone is 1. The third-order valence-electron chi connectivity index (χ3n) is 5.89. The fourth-order valence-electron chi connectivity index (χ4n) is 4.05. The molecule has 1 aromatic rings. The Morgan fingerprint density at radius 3 is 2.79 bits per heavy atom. The molecule has 0 aliphatic carbocycles. The second-order valence-corrected chi connectivity index (χ2v) is 8.05. The third kappa shape index (κ3) is 5.98. The molecular weight excluding hydrogens is 423 g/mol. The molecular formula is C24H33FN6O2. The van der Waals surface area contributed by atoms with Crippen molar-refractivity contribution in [3.05, 3.63) is 47.0 Å². The van der Waals surface area contributed by atoms with Gasteiger partial charge in [0.25, 0.3) is 0 Å². The van der Waals surface area contributed by atoms with Crippen LogP contribution in [0.3, 0.4) is 0 Å². The van der Waals surface area contributed by atoms with Crippen molar-refractivity contribution in [2.24, 2.45) is 21.5 Å². The van der Waals surface area contributed by atoms with Crippen LogP contribution in [0.15, 0.2) is 45.7 Å². The highest BCUT2D eigenvalue weighted by Crippen LogP contribution is 2.27. The van der Waals surface area contributed by atoms with Crippen LogP contribution in [-0.2, 0) is 9.53 Å². The molecule has 33 heavy (non-hydrogen) atoms. The number of nitrogens with one attached hydrogen (secondary N) is 1. The monoisotopic (exact) mass is 456 g/mol. The molecule has 2 aliphatic rings. The van der Waals surface area contributed by atoms with Gasteiger partial charge in [-0.2, -0.15) is 0 Å². The number of hydrogen-bond acceptors (Lipinski definition) is 6. The molecule has 0 spiro atoms. The van der Waals surface area contributed by atoms with Gasteiger partial charge in [-0.3, -0.25) is 9.79 Å². The minimum absolute atomic E-state index is 0.0511. The summed E-state index contributed by atoms with van der Waals surface area (Å²) >= 11 is 0. The molecule has 0 unspecified atom stereocenters. The molecule has 1 fully saturated rings. The minimum atomic E-state index is -0.533. The van der Waals surface area contributed by atoms with E-state index in [1.807, 2.05) is 6.92 Å². The topological polar surface area (TPSA) is 118 Å². The summed E-state index contributed by atoms with van der Waals surface area (Å²) in [5, 5.41) is 3.59. The first-order valence-corrected chi connectivity index (χ1v) is 11.3. The zero-order valence-corrected chi connectivity index (χ0v) is 19.3. The standard InChI is InChI=1S/C24H33FN6O2/c1-3-22(32)31-10-7-20(29-17-8-11-33-12-9-17)19(15-31)24(27)30-21-6-4-5-18(23(21)25)16(13-26)14-28-2/h4-6,13-14,17,29H,3,7-12,15,26H2,1-2H3,(H2,27,30). The number of ether oxygens (including phenoxy) is 1. The lowest BCUT2D eigenvalue weighted by molar-refractivity contribution is -0.130. The molecule has 1 aromatic carbocycles. The summed E-state index contributed by atoms with van der Waals surface area (Å²) in [4.78, 5) is 22.5. The van der Waals surface area contributed by atoms with Crippen molar-refractivity contribution in [1.29, 1.82) is 0 Å². The SMILES string of the molecule is CCC(=O)N1CCC(NC2CCOCC2)=C(C(N)=Nc2cccc(C(C=NC)=CN)c2F)C1. The third-order valence-corrected chi connectivity index (χ3v) is 5.89. The number of carbonyl (C=O) groups excluding carboxylic acids is 1. The van der Waals surface area contributed by atoms with Gasteiger partial charge in [0.15, 0.2) is 5.82 Å². The van der Waals surface area contributed by atoms with Crippen LogP contribution in [0.2, 0.25) is 0 Å².